The Morgan fingerprint density at radius 3 is 2.50 bits per heavy atom. The van der Waals surface area contributed by atoms with E-state index in [1.54, 1.807) is 24.3 Å². The molecule has 4 heterocycles. The van der Waals surface area contributed by atoms with Gasteiger partial charge in [-0.25, -0.2) is 9.97 Å². The zero-order valence-corrected chi connectivity index (χ0v) is 21.9. The number of anilines is 1. The molecule has 0 bridgehead atoms. The van der Waals surface area contributed by atoms with E-state index in [9.17, 15) is 4.79 Å². The predicted molar refractivity (Wildman–Crippen MR) is 147 cm³/mol. The van der Waals surface area contributed by atoms with Crippen molar-refractivity contribution in [2.45, 2.75) is 20.8 Å². The Hall–Kier alpha value is -3.62. The lowest BCUT2D eigenvalue weighted by Crippen LogP contribution is -2.36. The van der Waals surface area contributed by atoms with Crippen molar-refractivity contribution in [2.24, 2.45) is 0 Å². The Morgan fingerprint density at radius 1 is 1.08 bits per heavy atom. The standard InChI is InChI=1S/C16H16N4OS.C12H15NO/c1-11-18-13-10-14(12-2-4-17-5-3-12)22-15(13)16(19-11)20-6-8-21-9-7-20;1-9-5-4-6-11(7-9)12(13-3)8-10(2)14/h2-5,10H,6-9H2,1H3;4-8,13H,1-3H3/b;12-8-. The van der Waals surface area contributed by atoms with Crippen LogP contribution in [0.15, 0.2) is 60.9 Å². The molecule has 1 fully saturated rings. The molecular weight excluding hydrogens is 470 g/mol. The Bertz CT molecular complexity index is 1360. The number of ketones is 1. The molecule has 7 nitrogen and oxygen atoms in total. The molecule has 0 atom stereocenters. The van der Waals surface area contributed by atoms with E-state index in [0.29, 0.717) is 0 Å². The van der Waals surface area contributed by atoms with E-state index in [1.165, 1.54) is 16.0 Å². The van der Waals surface area contributed by atoms with Crippen LogP contribution in [0.2, 0.25) is 0 Å². The Labute approximate surface area is 215 Å². The van der Waals surface area contributed by atoms with E-state index in [1.807, 2.05) is 69.7 Å². The third kappa shape index (κ3) is 6.33. The summed E-state index contributed by atoms with van der Waals surface area (Å²) in [5.74, 6) is 1.90. The number of nitrogens with zero attached hydrogens (tertiary/aromatic N) is 4. The van der Waals surface area contributed by atoms with E-state index in [0.717, 1.165) is 59.4 Å². The van der Waals surface area contributed by atoms with Crippen molar-refractivity contribution in [3.63, 3.8) is 0 Å². The number of rotatable bonds is 5. The molecule has 0 amide bonds. The number of morpholine rings is 1. The zero-order valence-electron chi connectivity index (χ0n) is 21.1. The van der Waals surface area contributed by atoms with E-state index in [-0.39, 0.29) is 5.78 Å². The van der Waals surface area contributed by atoms with E-state index in [2.05, 4.69) is 31.2 Å². The number of carbonyl (C=O) groups is 1. The van der Waals surface area contributed by atoms with Gasteiger partial charge in [0.2, 0.25) is 0 Å². The van der Waals surface area contributed by atoms with Crippen molar-refractivity contribution >= 4 is 38.9 Å². The van der Waals surface area contributed by atoms with Gasteiger partial charge in [0.25, 0.3) is 0 Å². The molecule has 0 unspecified atom stereocenters. The first-order chi connectivity index (χ1) is 17.4. The Kier molecular flexibility index (Phi) is 8.40. The molecule has 1 N–H and O–H groups in total. The second kappa shape index (κ2) is 11.9. The van der Waals surface area contributed by atoms with Gasteiger partial charge in [0.05, 0.1) is 23.4 Å². The molecule has 1 saturated heterocycles. The molecule has 36 heavy (non-hydrogen) atoms. The first kappa shape index (κ1) is 25.5. The smallest absolute Gasteiger partial charge is 0.154 e. The molecular formula is C28H31N5O2S. The average molecular weight is 502 g/mol. The maximum atomic E-state index is 11.0. The molecule has 0 saturated carbocycles. The Balaban J connectivity index is 0.000000189. The van der Waals surface area contributed by atoms with Crippen molar-refractivity contribution in [3.8, 4) is 10.4 Å². The molecule has 5 rings (SSSR count). The quantitative estimate of drug-likeness (QED) is 0.384. The fourth-order valence-electron chi connectivity index (χ4n) is 3.99. The summed E-state index contributed by atoms with van der Waals surface area (Å²) < 4.78 is 6.60. The van der Waals surface area contributed by atoms with Crippen LogP contribution in [0.4, 0.5) is 5.82 Å². The van der Waals surface area contributed by atoms with Crippen molar-refractivity contribution in [1.82, 2.24) is 20.3 Å². The van der Waals surface area contributed by atoms with Crippen molar-refractivity contribution in [1.29, 1.82) is 0 Å². The van der Waals surface area contributed by atoms with Gasteiger partial charge in [0.15, 0.2) is 11.6 Å². The highest BCUT2D eigenvalue weighted by Crippen LogP contribution is 2.37. The number of benzene rings is 1. The molecule has 0 aliphatic carbocycles. The predicted octanol–water partition coefficient (Wildman–Crippen LogP) is 5.04. The largest absolute Gasteiger partial charge is 0.388 e. The van der Waals surface area contributed by atoms with Crippen LogP contribution in [0.5, 0.6) is 0 Å². The van der Waals surface area contributed by atoms with Gasteiger partial charge >= 0.3 is 0 Å². The lowest BCUT2D eigenvalue weighted by molar-refractivity contribution is -0.112. The molecule has 186 valence electrons. The molecule has 1 aliphatic rings. The van der Waals surface area contributed by atoms with Crippen molar-refractivity contribution < 1.29 is 9.53 Å². The number of aromatic nitrogens is 3. The summed E-state index contributed by atoms with van der Waals surface area (Å²) in [6, 6.07) is 14.2. The lowest BCUT2D eigenvalue weighted by atomic mass is 10.1. The van der Waals surface area contributed by atoms with Gasteiger partial charge < -0.3 is 15.0 Å². The highest BCUT2D eigenvalue weighted by molar-refractivity contribution is 7.22. The van der Waals surface area contributed by atoms with Crippen LogP contribution in [-0.4, -0.2) is 54.1 Å². The minimum atomic E-state index is 0.0517. The summed E-state index contributed by atoms with van der Waals surface area (Å²) in [5.41, 5.74) is 5.28. The highest BCUT2D eigenvalue weighted by Gasteiger charge is 2.19. The number of hydrogen-bond acceptors (Lipinski definition) is 8. The normalized spacial score (nSPS) is 13.8. The maximum absolute atomic E-state index is 11.0. The minimum absolute atomic E-state index is 0.0517. The van der Waals surface area contributed by atoms with Crippen LogP contribution < -0.4 is 10.2 Å². The van der Waals surface area contributed by atoms with E-state index >= 15 is 0 Å². The third-order valence-electron chi connectivity index (χ3n) is 5.69. The molecule has 3 aromatic heterocycles. The van der Waals surface area contributed by atoms with E-state index < -0.39 is 0 Å². The highest BCUT2D eigenvalue weighted by atomic mass is 32.1. The number of pyridine rings is 1. The molecule has 1 aliphatic heterocycles. The molecule has 0 radical (unpaired) electrons. The van der Waals surface area contributed by atoms with Gasteiger partial charge in [-0.3, -0.25) is 9.78 Å². The van der Waals surface area contributed by atoms with Crippen LogP contribution in [-0.2, 0) is 9.53 Å². The monoisotopic (exact) mass is 501 g/mol. The van der Waals surface area contributed by atoms with Crippen LogP contribution in [0.25, 0.3) is 26.4 Å². The number of allylic oxidation sites excluding steroid dienone is 1. The third-order valence-corrected chi connectivity index (χ3v) is 6.86. The zero-order chi connectivity index (χ0) is 25.5. The molecule has 0 spiro atoms. The lowest BCUT2D eigenvalue weighted by Gasteiger charge is -2.28. The van der Waals surface area contributed by atoms with Crippen molar-refractivity contribution in [3.05, 3.63) is 77.9 Å². The molecule has 8 heteroatoms. The van der Waals surface area contributed by atoms with Gasteiger partial charge in [-0.15, -0.1) is 11.3 Å². The van der Waals surface area contributed by atoms with Gasteiger partial charge in [-0.2, -0.15) is 0 Å². The number of aryl methyl sites for hydroxylation is 2. The fourth-order valence-corrected chi connectivity index (χ4v) is 5.11. The molecule has 4 aromatic rings. The minimum Gasteiger partial charge on any atom is -0.388 e. The van der Waals surface area contributed by atoms with Crippen LogP contribution in [0, 0.1) is 13.8 Å². The van der Waals surface area contributed by atoms with Gasteiger partial charge in [0, 0.05) is 49.2 Å². The first-order valence-electron chi connectivity index (χ1n) is 11.9. The van der Waals surface area contributed by atoms with Crippen LogP contribution >= 0.6 is 11.3 Å². The SMILES string of the molecule is CN/C(=C\C(C)=O)c1cccc(C)c1.Cc1nc(N2CCOCC2)c2sc(-c3ccncc3)cc2n1. The second-order valence-electron chi connectivity index (χ2n) is 8.54. The van der Waals surface area contributed by atoms with Crippen molar-refractivity contribution in [2.75, 3.05) is 38.3 Å². The number of hydrogen-bond donors (Lipinski definition) is 1. The number of ether oxygens (including phenoxy) is 1. The number of fused-ring (bicyclic) bond motifs is 1. The fraction of sp³-hybridized carbons (Fsp3) is 0.286. The number of carbonyl (C=O) groups excluding carboxylic acids is 1. The van der Waals surface area contributed by atoms with E-state index in [4.69, 9.17) is 4.74 Å². The summed E-state index contributed by atoms with van der Waals surface area (Å²) in [5, 5.41) is 3.02. The van der Waals surface area contributed by atoms with Gasteiger partial charge in [0.1, 0.15) is 5.82 Å². The summed E-state index contributed by atoms with van der Waals surface area (Å²) in [6.07, 6.45) is 5.24. The summed E-state index contributed by atoms with van der Waals surface area (Å²) in [7, 11) is 1.82. The van der Waals surface area contributed by atoms with Crippen LogP contribution in [0.1, 0.15) is 23.9 Å². The Morgan fingerprint density at radius 2 is 1.83 bits per heavy atom. The summed E-state index contributed by atoms with van der Waals surface area (Å²) >= 11 is 1.74. The number of thiophene rings is 1. The van der Waals surface area contributed by atoms with Crippen LogP contribution in [0.3, 0.4) is 0 Å². The van der Waals surface area contributed by atoms with Gasteiger partial charge in [-0.05, 0) is 56.2 Å². The summed E-state index contributed by atoms with van der Waals surface area (Å²) in [4.78, 5) is 27.8. The average Bonchev–Trinajstić information content (AvgIpc) is 3.32. The summed E-state index contributed by atoms with van der Waals surface area (Å²) in [6.45, 7) is 8.81. The topological polar surface area (TPSA) is 80.2 Å². The molecule has 1 aromatic carbocycles. The maximum Gasteiger partial charge on any atom is 0.154 e. The number of nitrogens with one attached hydrogen (secondary N) is 1. The van der Waals surface area contributed by atoms with Gasteiger partial charge in [-0.1, -0.05) is 23.8 Å². The first-order valence-corrected chi connectivity index (χ1v) is 12.7. The second-order valence-corrected chi connectivity index (χ2v) is 9.60.